The molecule has 0 saturated carbocycles. The maximum Gasteiger partial charge on any atom is 0.318 e. The molecule has 0 saturated heterocycles. The van der Waals surface area contributed by atoms with Crippen LogP contribution in [0.25, 0.3) is 11.2 Å². The highest BCUT2D eigenvalue weighted by Gasteiger charge is 2.21. The molecule has 13 nitrogen and oxygen atoms in total. The Morgan fingerprint density at radius 2 is 1.85 bits per heavy atom. The number of nitrogens with one attached hydrogen (secondary N) is 1. The molecule has 0 spiro atoms. The summed E-state index contributed by atoms with van der Waals surface area (Å²) in [5.74, 6) is 0.432. The smallest absolute Gasteiger partial charge is 0.318 e. The van der Waals surface area contributed by atoms with Crippen LogP contribution in [0.2, 0.25) is 0 Å². The van der Waals surface area contributed by atoms with Crippen molar-refractivity contribution in [2.75, 3.05) is 46.3 Å². The first kappa shape index (κ1) is 35.0. The van der Waals surface area contributed by atoms with Gasteiger partial charge in [-0.25, -0.2) is 14.5 Å². The molecule has 2 aromatic heterocycles. The van der Waals surface area contributed by atoms with Gasteiger partial charge in [-0.2, -0.15) is 9.97 Å². The number of carbonyl (C=O) groups excluding carboxylic acids is 1. The van der Waals surface area contributed by atoms with Crippen molar-refractivity contribution in [1.82, 2.24) is 24.6 Å². The molecule has 3 unspecified atom stereocenters. The Bertz CT molecular complexity index is 1110. The van der Waals surface area contributed by atoms with Gasteiger partial charge in [-0.15, -0.1) is 0 Å². The van der Waals surface area contributed by atoms with Gasteiger partial charge in [-0.1, -0.05) is 6.92 Å². The second-order valence-corrected chi connectivity index (χ2v) is 8.89. The summed E-state index contributed by atoms with van der Waals surface area (Å²) >= 11 is 0. The Hall–Kier alpha value is -3.00. The number of aldehydes is 1. The number of ether oxygens (including phenoxy) is 3. The molecule has 2 heterocycles. The molecule has 4 N–H and O–H groups in total. The van der Waals surface area contributed by atoms with Gasteiger partial charge in [0.2, 0.25) is 11.8 Å². The summed E-state index contributed by atoms with van der Waals surface area (Å²) in [6.45, 7) is 9.09. The fourth-order valence-corrected chi connectivity index (χ4v) is 4.01. The monoisotopic (exact) mass is 586 g/mol. The van der Waals surface area contributed by atoms with Crippen LogP contribution in [0.4, 0.5) is 10.3 Å². The van der Waals surface area contributed by atoms with Crippen molar-refractivity contribution in [3.8, 4) is 11.6 Å². The summed E-state index contributed by atoms with van der Waals surface area (Å²) < 4.78 is 42.7. The average molecular weight is 587 g/mol. The van der Waals surface area contributed by atoms with Gasteiger partial charge in [-0.05, 0) is 51.5 Å². The van der Waals surface area contributed by atoms with E-state index in [1.165, 1.54) is 24.3 Å². The van der Waals surface area contributed by atoms with Gasteiger partial charge in [0.1, 0.15) is 24.1 Å². The Kier molecular flexibility index (Phi) is 17.5. The van der Waals surface area contributed by atoms with Gasteiger partial charge < -0.3 is 38.9 Å². The molecular weight excluding hydrogens is 546 g/mol. The number of nitrogens with two attached hydrogens (primary N) is 1. The lowest BCUT2D eigenvalue weighted by Gasteiger charge is -2.24. The van der Waals surface area contributed by atoms with Crippen molar-refractivity contribution < 1.29 is 37.5 Å². The minimum atomic E-state index is -1.66. The number of fused-ring (bicyclic) bond motifs is 1. The van der Waals surface area contributed by atoms with E-state index in [1.54, 1.807) is 18.0 Å². The number of anilines is 1. The number of aliphatic hydroxyl groups is 1. The number of nitrogen functional groups attached to an aromatic ring is 1. The fraction of sp³-hybridized carbons (Fsp3) is 0.520. The quantitative estimate of drug-likeness (QED) is 0.175. The minimum Gasteiger partial charge on any atom is -0.476 e. The summed E-state index contributed by atoms with van der Waals surface area (Å²) in [6.07, 6.45) is 2.19. The number of nitrogens with zero attached hydrogens (tertiary/aromatic N) is 4. The molecule has 1 aromatic carbocycles. The number of aliphatic hydroxyl groups excluding tert-OH is 1. The maximum absolute atomic E-state index is 13.2. The Labute approximate surface area is 235 Å². The third-order valence-corrected chi connectivity index (χ3v) is 6.10. The van der Waals surface area contributed by atoms with E-state index in [-0.39, 0.29) is 31.0 Å². The molecule has 0 radical (unpaired) electrons. The highest BCUT2D eigenvalue weighted by Crippen LogP contribution is 2.36. The number of hydrogen-bond donors (Lipinski definition) is 3. The van der Waals surface area contributed by atoms with E-state index in [0.29, 0.717) is 42.1 Å². The van der Waals surface area contributed by atoms with Crippen LogP contribution in [0, 0.1) is 5.82 Å². The third-order valence-electron chi connectivity index (χ3n) is 4.90. The highest BCUT2D eigenvalue weighted by atomic mass is 31.2. The van der Waals surface area contributed by atoms with Crippen molar-refractivity contribution in [1.29, 1.82) is 0 Å². The first-order valence-electron chi connectivity index (χ1n) is 12.6. The topological polar surface area (TPSA) is 165 Å². The number of imidazole rings is 1. The predicted octanol–water partition coefficient (Wildman–Crippen LogP) is 3.63. The summed E-state index contributed by atoms with van der Waals surface area (Å²) in [6, 6.07) is 5.54. The van der Waals surface area contributed by atoms with E-state index in [9.17, 15) is 9.18 Å². The number of hydrogen-bond acceptors (Lipinski definition) is 12. The molecule has 0 aliphatic heterocycles. The van der Waals surface area contributed by atoms with Crippen LogP contribution >= 0.6 is 8.53 Å². The number of methoxy groups -OCH3 is 1. The molecule has 3 aromatic rings. The molecular formula is C25H40FN6O7P. The average Bonchev–Trinajstić information content (AvgIpc) is 3.40. The lowest BCUT2D eigenvalue weighted by molar-refractivity contribution is -0.107. The van der Waals surface area contributed by atoms with E-state index in [0.717, 1.165) is 13.7 Å². The molecule has 3 rings (SSSR count). The molecule has 40 heavy (non-hydrogen) atoms. The van der Waals surface area contributed by atoms with Crippen molar-refractivity contribution in [3.05, 3.63) is 36.4 Å². The van der Waals surface area contributed by atoms with Crippen LogP contribution in [0.15, 0.2) is 30.6 Å². The number of carbonyl (C=O) groups is 1. The normalized spacial score (nSPS) is 12.8. The SMILES string of the molecule is CCOC.CCOc1nc(N)nc2c1ncn2C(C)OC(CC)COP(NCC=O)Oc1ccc(F)cc1.CO. The summed E-state index contributed by atoms with van der Waals surface area (Å²) in [5, 5.41) is 9.88. The van der Waals surface area contributed by atoms with E-state index in [1.807, 2.05) is 27.7 Å². The molecule has 224 valence electrons. The fourth-order valence-electron chi connectivity index (χ4n) is 2.97. The lowest BCUT2D eigenvalue weighted by atomic mass is 10.3. The zero-order chi connectivity index (χ0) is 29.9. The van der Waals surface area contributed by atoms with Crippen molar-refractivity contribution in [2.24, 2.45) is 0 Å². The second-order valence-electron chi connectivity index (χ2n) is 7.61. The van der Waals surface area contributed by atoms with Gasteiger partial charge in [0, 0.05) is 20.8 Å². The summed E-state index contributed by atoms with van der Waals surface area (Å²) in [7, 11) is 1.02. The van der Waals surface area contributed by atoms with Crippen LogP contribution in [-0.2, 0) is 18.8 Å². The van der Waals surface area contributed by atoms with Crippen LogP contribution in [0.3, 0.4) is 0 Å². The first-order valence-corrected chi connectivity index (χ1v) is 13.8. The van der Waals surface area contributed by atoms with E-state index >= 15 is 0 Å². The lowest BCUT2D eigenvalue weighted by Crippen LogP contribution is -2.25. The number of halogens is 1. The predicted molar refractivity (Wildman–Crippen MR) is 150 cm³/mol. The molecule has 0 bridgehead atoms. The van der Waals surface area contributed by atoms with Crippen LogP contribution < -0.4 is 20.1 Å². The largest absolute Gasteiger partial charge is 0.476 e. The highest BCUT2D eigenvalue weighted by molar-refractivity contribution is 7.45. The first-order chi connectivity index (χ1) is 19.4. The number of benzene rings is 1. The zero-order valence-electron chi connectivity index (χ0n) is 23.7. The maximum atomic E-state index is 13.2. The van der Waals surface area contributed by atoms with Gasteiger partial charge in [0.25, 0.3) is 0 Å². The van der Waals surface area contributed by atoms with Crippen LogP contribution in [0.5, 0.6) is 11.6 Å². The number of rotatable bonds is 15. The molecule has 0 amide bonds. The molecule has 0 aliphatic rings. The number of aromatic nitrogens is 4. The summed E-state index contributed by atoms with van der Waals surface area (Å²) in [4.78, 5) is 23.5. The molecule has 0 fully saturated rings. The van der Waals surface area contributed by atoms with Crippen LogP contribution in [-0.4, -0.2) is 77.6 Å². The molecule has 3 atom stereocenters. The Morgan fingerprint density at radius 1 is 1.18 bits per heavy atom. The zero-order valence-corrected chi connectivity index (χ0v) is 24.6. The second kappa shape index (κ2) is 20.0. The van der Waals surface area contributed by atoms with E-state index < -0.39 is 14.8 Å². The Morgan fingerprint density at radius 3 is 2.42 bits per heavy atom. The molecule has 0 aliphatic carbocycles. The van der Waals surface area contributed by atoms with Gasteiger partial charge >= 0.3 is 8.53 Å². The van der Waals surface area contributed by atoms with Crippen molar-refractivity contribution >= 4 is 31.9 Å². The van der Waals surface area contributed by atoms with Crippen molar-refractivity contribution in [2.45, 2.75) is 46.4 Å². The van der Waals surface area contributed by atoms with Gasteiger partial charge in [-0.3, -0.25) is 4.57 Å². The van der Waals surface area contributed by atoms with Gasteiger partial charge in [0.05, 0.1) is 32.2 Å². The summed E-state index contributed by atoms with van der Waals surface area (Å²) in [5.41, 5.74) is 6.82. The van der Waals surface area contributed by atoms with Crippen LogP contribution in [0.1, 0.15) is 40.3 Å². The van der Waals surface area contributed by atoms with Crippen molar-refractivity contribution in [3.63, 3.8) is 0 Å². The third kappa shape index (κ3) is 11.6. The van der Waals surface area contributed by atoms with Gasteiger partial charge in [0.15, 0.2) is 11.2 Å². The Balaban J connectivity index is 0.00000122. The molecule has 15 heteroatoms. The minimum absolute atomic E-state index is 0.0469. The standard InChI is InChI=1S/C21H28FN6O5P.C3H8O.CH4O/c1-4-16(12-31-34(25-10-11-29)33-17-8-6-15(22)7-9-17)32-14(3)28-13-24-18-19(28)26-21(23)27-20(18)30-5-2;1-3-4-2;1-2/h6-9,11,13-14,16,25H,4-5,10,12H2,1-3H3,(H2,23,26,27);3H2,1-2H3;2H,1H3. The van der Waals surface area contributed by atoms with E-state index in [4.69, 9.17) is 29.4 Å². The van der Waals surface area contributed by atoms with E-state index in [2.05, 4.69) is 24.8 Å².